The molecular formula is C26H37N5O3. The van der Waals surface area contributed by atoms with Gasteiger partial charge in [0.05, 0.1) is 19.9 Å². The van der Waals surface area contributed by atoms with E-state index >= 15 is 0 Å². The van der Waals surface area contributed by atoms with Gasteiger partial charge in [-0.2, -0.15) is 0 Å². The lowest BCUT2D eigenvalue weighted by molar-refractivity contribution is 0.148. The zero-order valence-corrected chi connectivity index (χ0v) is 20.6. The lowest BCUT2D eigenvalue weighted by Crippen LogP contribution is -2.50. The van der Waals surface area contributed by atoms with E-state index in [0.29, 0.717) is 0 Å². The van der Waals surface area contributed by atoms with Gasteiger partial charge in [-0.25, -0.2) is 4.79 Å². The van der Waals surface area contributed by atoms with E-state index in [1.165, 1.54) is 5.56 Å². The molecule has 184 valence electrons. The highest BCUT2D eigenvalue weighted by Gasteiger charge is 2.23. The molecule has 0 radical (unpaired) electrons. The second-order valence-electron chi connectivity index (χ2n) is 9.00. The molecule has 8 heteroatoms. The molecular weight excluding hydrogens is 430 g/mol. The minimum atomic E-state index is -0.0427. The number of piperazine rings is 2. The van der Waals surface area contributed by atoms with Gasteiger partial charge < -0.3 is 29.5 Å². The summed E-state index contributed by atoms with van der Waals surface area (Å²) in [7, 11) is 5.55. The molecule has 2 aliphatic heterocycles. The standard InChI is InChI=1S/C26H37N5O3/c1-28-12-16-30(17-13-28)23-20-22(8-9-25(23)34-3)27-26(32)31-18-14-29(15-19-31)11-10-21-6-4-5-7-24(21)33-2/h4-9,20H,10-19H2,1-3H3,(H,27,32). The zero-order valence-electron chi connectivity index (χ0n) is 20.6. The molecule has 2 aromatic rings. The molecule has 2 saturated heterocycles. The molecule has 4 rings (SSSR count). The van der Waals surface area contributed by atoms with E-state index in [9.17, 15) is 4.79 Å². The predicted octanol–water partition coefficient (Wildman–Crippen LogP) is 2.85. The molecule has 2 aliphatic rings. The van der Waals surface area contributed by atoms with Crippen LogP contribution in [0.5, 0.6) is 11.5 Å². The van der Waals surface area contributed by atoms with Crippen molar-refractivity contribution in [3.63, 3.8) is 0 Å². The van der Waals surface area contributed by atoms with Crippen molar-refractivity contribution in [2.75, 3.05) is 90.4 Å². The first-order chi connectivity index (χ1) is 16.6. The Kier molecular flexibility index (Phi) is 8.13. The average molecular weight is 468 g/mol. The molecule has 34 heavy (non-hydrogen) atoms. The minimum Gasteiger partial charge on any atom is -0.496 e. The Labute approximate surface area is 203 Å². The van der Waals surface area contributed by atoms with Crippen LogP contribution in [0.15, 0.2) is 42.5 Å². The van der Waals surface area contributed by atoms with Gasteiger partial charge in [0.25, 0.3) is 0 Å². The van der Waals surface area contributed by atoms with Crippen molar-refractivity contribution in [2.45, 2.75) is 6.42 Å². The van der Waals surface area contributed by atoms with Gasteiger partial charge in [-0.1, -0.05) is 18.2 Å². The summed E-state index contributed by atoms with van der Waals surface area (Å²) in [5.74, 6) is 1.78. The summed E-state index contributed by atoms with van der Waals surface area (Å²) in [5.41, 5.74) is 3.06. The third-order valence-corrected chi connectivity index (χ3v) is 6.82. The maximum Gasteiger partial charge on any atom is 0.321 e. The molecule has 2 aromatic carbocycles. The van der Waals surface area contributed by atoms with Crippen molar-refractivity contribution >= 4 is 17.4 Å². The zero-order chi connectivity index (χ0) is 23.9. The monoisotopic (exact) mass is 467 g/mol. The number of carbonyl (C=O) groups excluding carboxylic acids is 1. The second kappa shape index (κ2) is 11.4. The third kappa shape index (κ3) is 5.93. The number of likely N-dealkylation sites (N-methyl/N-ethyl adjacent to an activating group) is 1. The summed E-state index contributed by atoms with van der Waals surface area (Å²) >= 11 is 0. The number of urea groups is 1. The Hall–Kier alpha value is -2.97. The van der Waals surface area contributed by atoms with Crippen molar-refractivity contribution in [1.82, 2.24) is 14.7 Å². The van der Waals surface area contributed by atoms with Crippen LogP contribution in [0.3, 0.4) is 0 Å². The molecule has 8 nitrogen and oxygen atoms in total. The summed E-state index contributed by atoms with van der Waals surface area (Å²) in [6.07, 6.45) is 0.942. The third-order valence-electron chi connectivity index (χ3n) is 6.82. The van der Waals surface area contributed by atoms with Crippen LogP contribution in [0.2, 0.25) is 0 Å². The van der Waals surface area contributed by atoms with Crippen LogP contribution < -0.4 is 19.7 Å². The van der Waals surface area contributed by atoms with E-state index in [1.807, 2.05) is 35.2 Å². The molecule has 0 spiro atoms. The second-order valence-corrected chi connectivity index (χ2v) is 9.00. The van der Waals surface area contributed by atoms with Gasteiger partial charge in [-0.05, 0) is 43.3 Å². The van der Waals surface area contributed by atoms with Crippen LogP contribution in [-0.2, 0) is 6.42 Å². The highest BCUT2D eigenvalue weighted by molar-refractivity contribution is 5.90. The number of methoxy groups -OCH3 is 2. The molecule has 0 unspecified atom stereocenters. The largest absolute Gasteiger partial charge is 0.496 e. The first-order valence-electron chi connectivity index (χ1n) is 12.1. The molecule has 0 aliphatic carbocycles. The quantitative estimate of drug-likeness (QED) is 0.676. The van der Waals surface area contributed by atoms with Crippen LogP contribution in [0.1, 0.15) is 5.56 Å². The first kappa shape index (κ1) is 24.2. The first-order valence-corrected chi connectivity index (χ1v) is 12.1. The molecule has 2 heterocycles. The SMILES string of the molecule is COc1ccccc1CCN1CCN(C(=O)Nc2ccc(OC)c(N3CCN(C)CC3)c2)CC1. The van der Waals surface area contributed by atoms with Gasteiger partial charge in [0.15, 0.2) is 0 Å². The Balaban J connectivity index is 1.29. The number of para-hydroxylation sites is 1. The average Bonchev–Trinajstić information content (AvgIpc) is 2.88. The summed E-state index contributed by atoms with van der Waals surface area (Å²) < 4.78 is 11.1. The maximum absolute atomic E-state index is 13.0. The summed E-state index contributed by atoms with van der Waals surface area (Å²) in [4.78, 5) is 21.9. The topological polar surface area (TPSA) is 60.5 Å². The molecule has 0 saturated carbocycles. The smallest absolute Gasteiger partial charge is 0.321 e. The maximum atomic E-state index is 13.0. The van der Waals surface area contributed by atoms with Gasteiger partial charge in [-0.3, -0.25) is 4.90 Å². The Bertz CT molecular complexity index is 953. The Morgan fingerprint density at radius 1 is 0.882 bits per heavy atom. The fraction of sp³-hybridized carbons (Fsp3) is 0.500. The summed E-state index contributed by atoms with van der Waals surface area (Å²) in [5, 5.41) is 3.10. The van der Waals surface area contributed by atoms with Gasteiger partial charge >= 0.3 is 6.03 Å². The Morgan fingerprint density at radius 3 is 2.29 bits per heavy atom. The number of hydrogen-bond donors (Lipinski definition) is 1. The molecule has 2 amide bonds. The van der Waals surface area contributed by atoms with Gasteiger partial charge in [0.1, 0.15) is 11.5 Å². The van der Waals surface area contributed by atoms with E-state index in [4.69, 9.17) is 9.47 Å². The van der Waals surface area contributed by atoms with Crippen molar-refractivity contribution in [3.05, 3.63) is 48.0 Å². The predicted molar refractivity (Wildman–Crippen MR) is 136 cm³/mol. The van der Waals surface area contributed by atoms with Crippen LogP contribution in [0.25, 0.3) is 0 Å². The molecule has 1 N–H and O–H groups in total. The number of hydrogen-bond acceptors (Lipinski definition) is 6. The van der Waals surface area contributed by atoms with Gasteiger partial charge in [0.2, 0.25) is 0 Å². The highest BCUT2D eigenvalue weighted by Crippen LogP contribution is 2.32. The number of rotatable bonds is 7. The van der Waals surface area contributed by atoms with E-state index in [-0.39, 0.29) is 6.03 Å². The molecule has 0 bridgehead atoms. The number of benzene rings is 2. The van der Waals surface area contributed by atoms with Crippen LogP contribution in [-0.4, -0.2) is 101 Å². The van der Waals surface area contributed by atoms with E-state index in [0.717, 1.165) is 88.2 Å². The fourth-order valence-corrected chi connectivity index (χ4v) is 4.63. The van der Waals surface area contributed by atoms with Crippen LogP contribution in [0.4, 0.5) is 16.2 Å². The molecule has 0 atom stereocenters. The summed E-state index contributed by atoms with van der Waals surface area (Å²) in [6, 6.07) is 14.0. The Morgan fingerprint density at radius 2 is 1.59 bits per heavy atom. The number of nitrogens with zero attached hydrogens (tertiary/aromatic N) is 4. The van der Waals surface area contributed by atoms with E-state index in [1.54, 1.807) is 14.2 Å². The normalized spacial score (nSPS) is 17.5. The van der Waals surface area contributed by atoms with E-state index in [2.05, 4.69) is 39.2 Å². The van der Waals surface area contributed by atoms with E-state index < -0.39 is 0 Å². The number of amides is 2. The van der Waals surface area contributed by atoms with Gasteiger partial charge in [0, 0.05) is 64.6 Å². The number of ether oxygens (including phenoxy) is 2. The lowest BCUT2D eigenvalue weighted by Gasteiger charge is -2.35. The van der Waals surface area contributed by atoms with Crippen molar-refractivity contribution in [2.24, 2.45) is 0 Å². The van der Waals surface area contributed by atoms with Gasteiger partial charge in [-0.15, -0.1) is 0 Å². The molecule has 2 fully saturated rings. The van der Waals surface area contributed by atoms with Crippen molar-refractivity contribution in [1.29, 1.82) is 0 Å². The van der Waals surface area contributed by atoms with Crippen LogP contribution >= 0.6 is 0 Å². The number of anilines is 2. The van der Waals surface area contributed by atoms with Crippen LogP contribution in [0, 0.1) is 0 Å². The lowest BCUT2D eigenvalue weighted by atomic mass is 10.1. The van der Waals surface area contributed by atoms with Crippen molar-refractivity contribution in [3.8, 4) is 11.5 Å². The highest BCUT2D eigenvalue weighted by atomic mass is 16.5. The minimum absolute atomic E-state index is 0.0427. The summed E-state index contributed by atoms with van der Waals surface area (Å²) in [6.45, 7) is 8.07. The fourth-order valence-electron chi connectivity index (χ4n) is 4.63. The number of nitrogens with one attached hydrogen (secondary N) is 1. The van der Waals surface area contributed by atoms with Crippen molar-refractivity contribution < 1.29 is 14.3 Å². The molecule has 0 aromatic heterocycles. The number of carbonyl (C=O) groups is 1.